The SMILES string of the molecule is CNc1nc(NC)nc(NCc2ccc(CCNc3nc(N)nc(NCc4ccc(C)[nH]4)n3)[nH]2)n1. The van der Waals surface area contributed by atoms with E-state index in [9.17, 15) is 0 Å². The van der Waals surface area contributed by atoms with Crippen molar-refractivity contribution in [2.45, 2.75) is 26.4 Å². The summed E-state index contributed by atoms with van der Waals surface area (Å²) in [5, 5.41) is 15.4. The van der Waals surface area contributed by atoms with Crippen LogP contribution in [0, 0.1) is 6.92 Å². The second-order valence-corrected chi connectivity index (χ2v) is 7.71. The molecule has 184 valence electrons. The van der Waals surface area contributed by atoms with Crippen molar-refractivity contribution in [1.29, 1.82) is 0 Å². The number of H-pyrrole nitrogens is 2. The van der Waals surface area contributed by atoms with Gasteiger partial charge in [0.1, 0.15) is 0 Å². The van der Waals surface area contributed by atoms with Gasteiger partial charge in [-0.3, -0.25) is 0 Å². The van der Waals surface area contributed by atoms with Gasteiger partial charge in [-0.2, -0.15) is 29.9 Å². The minimum absolute atomic E-state index is 0.155. The maximum absolute atomic E-state index is 5.85. The van der Waals surface area contributed by atoms with Gasteiger partial charge in [-0.05, 0) is 31.2 Å². The Kier molecular flexibility index (Phi) is 7.40. The van der Waals surface area contributed by atoms with E-state index in [4.69, 9.17) is 5.73 Å². The fourth-order valence-electron chi connectivity index (χ4n) is 3.29. The Labute approximate surface area is 202 Å². The lowest BCUT2D eigenvalue weighted by Gasteiger charge is -2.08. The van der Waals surface area contributed by atoms with Crippen molar-refractivity contribution in [1.82, 2.24) is 39.9 Å². The summed E-state index contributed by atoms with van der Waals surface area (Å²) in [5.41, 5.74) is 10.1. The van der Waals surface area contributed by atoms with E-state index in [0.717, 1.165) is 29.2 Å². The zero-order chi connectivity index (χ0) is 24.6. The summed E-state index contributed by atoms with van der Waals surface area (Å²) in [5.74, 6) is 2.45. The van der Waals surface area contributed by atoms with E-state index < -0.39 is 0 Å². The number of nitrogens with two attached hydrogens (primary N) is 1. The van der Waals surface area contributed by atoms with Crippen LogP contribution in [0.4, 0.5) is 35.7 Å². The Balaban J connectivity index is 1.26. The molecule has 0 aromatic carbocycles. The van der Waals surface area contributed by atoms with Gasteiger partial charge in [-0.1, -0.05) is 0 Å². The van der Waals surface area contributed by atoms with Gasteiger partial charge >= 0.3 is 0 Å². The normalized spacial score (nSPS) is 10.7. The van der Waals surface area contributed by atoms with E-state index in [0.29, 0.717) is 49.4 Å². The van der Waals surface area contributed by atoms with Crippen LogP contribution in [0.25, 0.3) is 0 Å². The molecule has 4 aromatic rings. The minimum Gasteiger partial charge on any atom is -0.368 e. The van der Waals surface area contributed by atoms with E-state index in [2.05, 4.69) is 66.5 Å². The van der Waals surface area contributed by atoms with Gasteiger partial charge in [-0.25, -0.2) is 0 Å². The first-order chi connectivity index (χ1) is 17.0. The number of nitrogen functional groups attached to an aromatic ring is 1. The van der Waals surface area contributed by atoms with Crippen LogP contribution in [-0.2, 0) is 19.5 Å². The highest BCUT2D eigenvalue weighted by molar-refractivity contribution is 5.42. The molecule has 14 nitrogen and oxygen atoms in total. The molecule has 0 fully saturated rings. The van der Waals surface area contributed by atoms with Crippen molar-refractivity contribution in [2.75, 3.05) is 53.0 Å². The third-order valence-electron chi connectivity index (χ3n) is 4.99. The zero-order valence-corrected chi connectivity index (χ0v) is 19.9. The molecule has 4 aromatic heterocycles. The van der Waals surface area contributed by atoms with E-state index in [1.54, 1.807) is 14.1 Å². The van der Waals surface area contributed by atoms with Gasteiger partial charge in [0.15, 0.2) is 0 Å². The fraction of sp³-hybridized carbons (Fsp3) is 0.333. The summed E-state index contributed by atoms with van der Waals surface area (Å²) in [6.45, 7) is 3.73. The Morgan fingerprint density at radius 3 is 1.80 bits per heavy atom. The molecule has 0 saturated heterocycles. The van der Waals surface area contributed by atoms with Crippen LogP contribution in [0.1, 0.15) is 22.8 Å². The highest BCUT2D eigenvalue weighted by Crippen LogP contribution is 2.12. The number of anilines is 6. The average molecular weight is 479 g/mol. The Hall–Kier alpha value is -4.62. The molecular weight excluding hydrogens is 448 g/mol. The molecule has 0 bridgehead atoms. The van der Waals surface area contributed by atoms with Crippen LogP contribution >= 0.6 is 0 Å². The molecule has 0 atom stereocenters. The van der Waals surface area contributed by atoms with Gasteiger partial charge in [0.25, 0.3) is 0 Å². The maximum Gasteiger partial charge on any atom is 0.229 e. The fourth-order valence-corrected chi connectivity index (χ4v) is 3.29. The Morgan fingerprint density at radius 1 is 0.657 bits per heavy atom. The summed E-state index contributed by atoms with van der Waals surface area (Å²) in [6, 6.07) is 8.08. The van der Waals surface area contributed by atoms with E-state index >= 15 is 0 Å². The smallest absolute Gasteiger partial charge is 0.229 e. The number of nitrogens with one attached hydrogen (secondary N) is 7. The molecule has 4 rings (SSSR count). The van der Waals surface area contributed by atoms with Crippen molar-refractivity contribution in [3.8, 4) is 0 Å². The largest absolute Gasteiger partial charge is 0.368 e. The number of hydrogen-bond donors (Lipinski definition) is 8. The molecule has 9 N–H and O–H groups in total. The molecular formula is C21H30N14. The lowest BCUT2D eigenvalue weighted by atomic mass is 10.3. The Morgan fingerprint density at radius 2 is 1.17 bits per heavy atom. The molecule has 0 aliphatic carbocycles. The molecule has 0 amide bonds. The lowest BCUT2D eigenvalue weighted by Crippen LogP contribution is -2.13. The van der Waals surface area contributed by atoms with Crippen LogP contribution in [-0.4, -0.2) is 60.5 Å². The molecule has 0 aliphatic heterocycles. The van der Waals surface area contributed by atoms with Crippen molar-refractivity contribution >= 4 is 35.7 Å². The van der Waals surface area contributed by atoms with Crippen LogP contribution < -0.4 is 32.3 Å². The summed E-state index contributed by atoms with van der Waals surface area (Å²) >= 11 is 0. The predicted octanol–water partition coefficient (Wildman–Crippen LogP) is 1.57. The van der Waals surface area contributed by atoms with Crippen molar-refractivity contribution in [3.63, 3.8) is 0 Å². The second-order valence-electron chi connectivity index (χ2n) is 7.71. The zero-order valence-electron chi connectivity index (χ0n) is 19.9. The average Bonchev–Trinajstić information content (AvgIpc) is 3.49. The highest BCUT2D eigenvalue weighted by atomic mass is 15.3. The molecule has 0 aliphatic rings. The molecule has 0 unspecified atom stereocenters. The van der Waals surface area contributed by atoms with E-state index in [1.807, 2.05) is 31.2 Å². The number of rotatable bonds is 12. The quantitative estimate of drug-likeness (QED) is 0.147. The topological polar surface area (TPSA) is 195 Å². The molecule has 0 saturated carbocycles. The Bertz CT molecular complexity index is 1220. The van der Waals surface area contributed by atoms with Gasteiger partial charge in [-0.15, -0.1) is 0 Å². The molecule has 4 heterocycles. The number of nitrogens with zero attached hydrogens (tertiary/aromatic N) is 6. The van der Waals surface area contributed by atoms with Crippen LogP contribution in [0.2, 0.25) is 0 Å². The summed E-state index contributed by atoms with van der Waals surface area (Å²) in [6.07, 6.45) is 0.746. The predicted molar refractivity (Wildman–Crippen MR) is 136 cm³/mol. The lowest BCUT2D eigenvalue weighted by molar-refractivity contribution is 0.919. The van der Waals surface area contributed by atoms with Crippen LogP contribution in [0.5, 0.6) is 0 Å². The van der Waals surface area contributed by atoms with E-state index in [1.165, 1.54) is 0 Å². The van der Waals surface area contributed by atoms with Gasteiger partial charge < -0.3 is 42.3 Å². The first-order valence-electron chi connectivity index (χ1n) is 11.2. The van der Waals surface area contributed by atoms with Gasteiger partial charge in [0.05, 0.1) is 13.1 Å². The number of aromatic amines is 2. The first-order valence-corrected chi connectivity index (χ1v) is 11.2. The number of hydrogen-bond acceptors (Lipinski definition) is 12. The second kappa shape index (κ2) is 11.0. The first kappa shape index (κ1) is 23.5. The molecule has 0 spiro atoms. The minimum atomic E-state index is 0.155. The highest BCUT2D eigenvalue weighted by Gasteiger charge is 2.07. The van der Waals surface area contributed by atoms with Gasteiger partial charge in [0.2, 0.25) is 35.7 Å². The summed E-state index contributed by atoms with van der Waals surface area (Å²) in [7, 11) is 3.52. The maximum atomic E-state index is 5.85. The van der Waals surface area contributed by atoms with E-state index in [-0.39, 0.29) is 5.95 Å². The monoisotopic (exact) mass is 478 g/mol. The molecule has 0 radical (unpaired) electrons. The van der Waals surface area contributed by atoms with Crippen molar-refractivity contribution in [3.05, 3.63) is 47.0 Å². The third-order valence-corrected chi connectivity index (χ3v) is 4.99. The van der Waals surface area contributed by atoms with Crippen LogP contribution in [0.15, 0.2) is 24.3 Å². The van der Waals surface area contributed by atoms with Crippen LogP contribution in [0.3, 0.4) is 0 Å². The summed E-state index contributed by atoms with van der Waals surface area (Å²) < 4.78 is 0. The number of aromatic nitrogens is 8. The number of aryl methyl sites for hydroxylation is 1. The molecule has 35 heavy (non-hydrogen) atoms. The molecule has 14 heteroatoms. The standard InChI is InChI=1S/C21H30N14/c1-12-4-5-14(28-12)10-26-20-31-16(22)30-19(35-20)25-9-8-13-6-7-15(29-13)11-27-21-33-17(23-2)32-18(24-3)34-21/h4-7,28-29H,8-11H2,1-3H3,(H4,22,25,26,30,31,35)(H3,23,24,27,32,33,34). The van der Waals surface area contributed by atoms with Crippen molar-refractivity contribution < 1.29 is 0 Å². The third kappa shape index (κ3) is 6.69. The van der Waals surface area contributed by atoms with Crippen molar-refractivity contribution in [2.24, 2.45) is 0 Å². The summed E-state index contributed by atoms with van der Waals surface area (Å²) in [4.78, 5) is 32.2. The van der Waals surface area contributed by atoms with Gasteiger partial charge in [0, 0.05) is 49.8 Å².